The van der Waals surface area contributed by atoms with Crippen molar-refractivity contribution in [1.29, 1.82) is 0 Å². The van der Waals surface area contributed by atoms with E-state index in [0.717, 1.165) is 51.3 Å². The molecule has 150 valence electrons. The van der Waals surface area contributed by atoms with Crippen LogP contribution in [-0.4, -0.2) is 43.0 Å². The molecule has 0 atom stereocenters. The molecule has 1 heterocycles. The Morgan fingerprint density at radius 1 is 1.00 bits per heavy atom. The Bertz CT molecular complexity index is 745. The fourth-order valence-electron chi connectivity index (χ4n) is 3.84. The van der Waals surface area contributed by atoms with Crippen molar-refractivity contribution >= 4 is 11.6 Å². The first-order valence-electron chi connectivity index (χ1n) is 10.5. The van der Waals surface area contributed by atoms with Crippen LogP contribution in [0, 0.1) is 0 Å². The van der Waals surface area contributed by atoms with Crippen molar-refractivity contribution in [3.63, 3.8) is 0 Å². The molecule has 0 unspecified atom stereocenters. The number of hydrogen-bond acceptors (Lipinski definition) is 3. The van der Waals surface area contributed by atoms with Gasteiger partial charge in [-0.05, 0) is 43.9 Å². The summed E-state index contributed by atoms with van der Waals surface area (Å²) >= 11 is 0. The molecule has 0 saturated carbocycles. The van der Waals surface area contributed by atoms with E-state index >= 15 is 0 Å². The normalized spacial score (nSPS) is 16.5. The van der Waals surface area contributed by atoms with Gasteiger partial charge in [0.1, 0.15) is 0 Å². The van der Waals surface area contributed by atoms with E-state index in [4.69, 9.17) is 0 Å². The Morgan fingerprint density at radius 3 is 2.54 bits per heavy atom. The van der Waals surface area contributed by atoms with Crippen molar-refractivity contribution in [2.24, 2.45) is 0 Å². The number of aryl methyl sites for hydroxylation is 1. The maximum atomic E-state index is 13.2. The highest BCUT2D eigenvalue weighted by atomic mass is 16.2. The fraction of sp³-hybridized carbons (Fsp3) is 0.458. The first-order valence-corrected chi connectivity index (χ1v) is 10.5. The highest BCUT2D eigenvalue weighted by Crippen LogP contribution is 2.23. The second kappa shape index (κ2) is 10.4. The van der Waals surface area contributed by atoms with Crippen molar-refractivity contribution in [2.75, 3.05) is 31.1 Å². The largest absolute Gasteiger partial charge is 0.312 e. The number of amides is 1. The second-order valence-electron chi connectivity index (χ2n) is 7.82. The van der Waals surface area contributed by atoms with Crippen LogP contribution in [0.5, 0.6) is 0 Å². The van der Waals surface area contributed by atoms with E-state index in [1.54, 1.807) is 0 Å². The van der Waals surface area contributed by atoms with Crippen LogP contribution < -0.4 is 10.2 Å². The van der Waals surface area contributed by atoms with Crippen LogP contribution in [-0.2, 0) is 17.8 Å². The quantitative estimate of drug-likeness (QED) is 0.876. The summed E-state index contributed by atoms with van der Waals surface area (Å²) < 4.78 is 0. The van der Waals surface area contributed by atoms with Gasteiger partial charge in [-0.25, -0.2) is 0 Å². The summed E-state index contributed by atoms with van der Waals surface area (Å²) in [6.45, 7) is 9.09. The third-order valence-electron chi connectivity index (χ3n) is 5.50. The minimum atomic E-state index is 0.214. The number of benzene rings is 2. The van der Waals surface area contributed by atoms with E-state index < -0.39 is 0 Å². The standard InChI is InChI=1S/C24H33N3O/c1-20(2)26-16-8-17-27(24(28)14-13-21-9-4-3-5-10-21)23-12-7-6-11-22(23)19-25-15-18-26/h3-7,9-12,20,25H,8,13-19H2,1-2H3. The van der Waals surface area contributed by atoms with Crippen molar-refractivity contribution < 1.29 is 4.79 Å². The van der Waals surface area contributed by atoms with Gasteiger partial charge >= 0.3 is 0 Å². The van der Waals surface area contributed by atoms with Gasteiger partial charge in [-0.3, -0.25) is 9.69 Å². The molecule has 4 nitrogen and oxygen atoms in total. The van der Waals surface area contributed by atoms with Gasteiger partial charge in [-0.15, -0.1) is 0 Å². The summed E-state index contributed by atoms with van der Waals surface area (Å²) in [5.41, 5.74) is 3.48. The van der Waals surface area contributed by atoms with Crippen molar-refractivity contribution in [3.8, 4) is 0 Å². The maximum Gasteiger partial charge on any atom is 0.227 e. The summed E-state index contributed by atoms with van der Waals surface area (Å²) in [6.07, 6.45) is 2.32. The van der Waals surface area contributed by atoms with Gasteiger partial charge in [0.05, 0.1) is 0 Å². The molecule has 0 aromatic heterocycles. The number of fused-ring (bicyclic) bond motifs is 1. The topological polar surface area (TPSA) is 35.6 Å². The molecule has 0 fully saturated rings. The Labute approximate surface area is 169 Å². The Kier molecular flexibility index (Phi) is 7.63. The van der Waals surface area contributed by atoms with Gasteiger partial charge in [0.25, 0.3) is 0 Å². The second-order valence-corrected chi connectivity index (χ2v) is 7.82. The zero-order valence-electron chi connectivity index (χ0n) is 17.2. The summed E-state index contributed by atoms with van der Waals surface area (Å²) in [6, 6.07) is 19.1. The fourth-order valence-corrected chi connectivity index (χ4v) is 3.84. The van der Waals surface area contributed by atoms with Crippen LogP contribution in [0.25, 0.3) is 0 Å². The summed E-state index contributed by atoms with van der Waals surface area (Å²) in [5.74, 6) is 0.214. The Hall–Kier alpha value is -2.17. The van der Waals surface area contributed by atoms with E-state index in [1.807, 2.05) is 29.2 Å². The molecule has 0 spiro atoms. The number of rotatable bonds is 4. The number of para-hydroxylation sites is 1. The van der Waals surface area contributed by atoms with Gasteiger partial charge in [0.15, 0.2) is 0 Å². The molecule has 2 aromatic carbocycles. The van der Waals surface area contributed by atoms with E-state index in [-0.39, 0.29) is 5.91 Å². The number of anilines is 1. The van der Waals surface area contributed by atoms with Crippen molar-refractivity contribution in [3.05, 3.63) is 65.7 Å². The maximum absolute atomic E-state index is 13.2. The Balaban J connectivity index is 1.76. The SMILES string of the molecule is CC(C)N1CCCN(C(=O)CCc2ccccc2)c2ccccc2CNCC1. The van der Waals surface area contributed by atoms with Crippen molar-refractivity contribution in [1.82, 2.24) is 10.2 Å². The minimum absolute atomic E-state index is 0.214. The summed E-state index contributed by atoms with van der Waals surface area (Å²) in [7, 11) is 0. The summed E-state index contributed by atoms with van der Waals surface area (Å²) in [5, 5.41) is 3.56. The molecule has 1 aliphatic heterocycles. The van der Waals surface area contributed by atoms with E-state index in [9.17, 15) is 4.79 Å². The highest BCUT2D eigenvalue weighted by molar-refractivity contribution is 5.94. The molecule has 0 saturated heterocycles. The molecular formula is C24H33N3O. The van der Waals surface area contributed by atoms with Crippen LogP contribution in [0.1, 0.15) is 37.8 Å². The molecule has 4 heteroatoms. The van der Waals surface area contributed by atoms with E-state index in [1.165, 1.54) is 11.1 Å². The van der Waals surface area contributed by atoms with Crippen LogP contribution in [0.2, 0.25) is 0 Å². The first-order chi connectivity index (χ1) is 13.6. The first kappa shape index (κ1) is 20.6. The monoisotopic (exact) mass is 379 g/mol. The molecule has 2 aromatic rings. The zero-order valence-corrected chi connectivity index (χ0v) is 17.2. The highest BCUT2D eigenvalue weighted by Gasteiger charge is 2.20. The van der Waals surface area contributed by atoms with E-state index in [2.05, 4.69) is 54.4 Å². The van der Waals surface area contributed by atoms with Crippen LogP contribution in [0.3, 0.4) is 0 Å². The molecule has 1 amide bonds. The minimum Gasteiger partial charge on any atom is -0.312 e. The summed E-state index contributed by atoms with van der Waals surface area (Å²) in [4.78, 5) is 17.7. The van der Waals surface area contributed by atoms with E-state index in [0.29, 0.717) is 12.5 Å². The number of carbonyl (C=O) groups is 1. The molecule has 0 aliphatic carbocycles. The third kappa shape index (κ3) is 5.66. The lowest BCUT2D eigenvalue weighted by Crippen LogP contribution is -2.38. The predicted octanol–water partition coefficient (Wildman–Crippen LogP) is 3.86. The van der Waals surface area contributed by atoms with Crippen molar-refractivity contribution in [2.45, 2.75) is 45.7 Å². The molecule has 3 rings (SSSR count). The lowest BCUT2D eigenvalue weighted by atomic mass is 10.1. The lowest BCUT2D eigenvalue weighted by Gasteiger charge is -2.28. The third-order valence-corrected chi connectivity index (χ3v) is 5.50. The number of nitrogens with one attached hydrogen (secondary N) is 1. The Morgan fingerprint density at radius 2 is 1.75 bits per heavy atom. The molecule has 28 heavy (non-hydrogen) atoms. The van der Waals surface area contributed by atoms with Gasteiger partial charge in [0.2, 0.25) is 5.91 Å². The average molecular weight is 380 g/mol. The lowest BCUT2D eigenvalue weighted by molar-refractivity contribution is -0.118. The molecule has 1 aliphatic rings. The van der Waals surface area contributed by atoms with Crippen LogP contribution in [0.15, 0.2) is 54.6 Å². The van der Waals surface area contributed by atoms with Crippen LogP contribution in [0.4, 0.5) is 5.69 Å². The van der Waals surface area contributed by atoms with Gasteiger partial charge in [-0.2, -0.15) is 0 Å². The predicted molar refractivity (Wildman–Crippen MR) is 117 cm³/mol. The molecule has 1 N–H and O–H groups in total. The zero-order chi connectivity index (χ0) is 19.8. The molecule has 0 bridgehead atoms. The average Bonchev–Trinajstić information content (AvgIpc) is 2.75. The smallest absolute Gasteiger partial charge is 0.227 e. The number of carbonyl (C=O) groups excluding carboxylic acids is 1. The number of nitrogens with zero attached hydrogens (tertiary/aromatic N) is 2. The van der Waals surface area contributed by atoms with Gasteiger partial charge in [0, 0.05) is 50.9 Å². The van der Waals surface area contributed by atoms with Crippen LogP contribution >= 0.6 is 0 Å². The molecular weight excluding hydrogens is 346 g/mol. The number of hydrogen-bond donors (Lipinski definition) is 1. The van der Waals surface area contributed by atoms with Gasteiger partial charge in [-0.1, -0.05) is 48.5 Å². The van der Waals surface area contributed by atoms with Gasteiger partial charge < -0.3 is 10.2 Å². The molecule has 0 radical (unpaired) electrons.